The number of nitrogens with zero attached hydrogens (tertiary/aromatic N) is 2. The van der Waals surface area contributed by atoms with E-state index in [2.05, 4.69) is 16.7 Å². The van der Waals surface area contributed by atoms with Gasteiger partial charge in [-0.15, -0.1) is 0 Å². The van der Waals surface area contributed by atoms with Gasteiger partial charge in [0, 0.05) is 6.54 Å². The zero-order valence-electron chi connectivity index (χ0n) is 13.5. The minimum atomic E-state index is -3.59. The maximum Gasteiger partial charge on any atom is 0.262 e. The van der Waals surface area contributed by atoms with Crippen LogP contribution in [0.3, 0.4) is 0 Å². The van der Waals surface area contributed by atoms with Crippen LogP contribution in [-0.2, 0) is 23.0 Å². The van der Waals surface area contributed by atoms with Crippen molar-refractivity contribution in [3.8, 4) is 0 Å². The molecule has 0 atom stereocenters. The molecule has 0 radical (unpaired) electrons. The first kappa shape index (κ1) is 16.5. The quantitative estimate of drug-likeness (QED) is 0.888. The molecule has 1 N–H and O–H groups in total. The Bertz CT molecular complexity index is 746. The van der Waals surface area contributed by atoms with Crippen molar-refractivity contribution in [1.29, 1.82) is 0 Å². The van der Waals surface area contributed by atoms with Gasteiger partial charge in [-0.3, -0.25) is 9.40 Å². The third-order valence-corrected chi connectivity index (χ3v) is 5.06. The SMILES string of the molecule is CCCc1ccc(S(=O)(=O)Nc2c(C)nn(CC)c2C)cc1. The largest absolute Gasteiger partial charge is 0.276 e. The van der Waals surface area contributed by atoms with Crippen LogP contribution in [-0.4, -0.2) is 18.2 Å². The monoisotopic (exact) mass is 321 g/mol. The number of aryl methyl sites for hydroxylation is 3. The van der Waals surface area contributed by atoms with E-state index in [0.29, 0.717) is 17.9 Å². The first-order chi connectivity index (χ1) is 10.4. The molecule has 120 valence electrons. The third kappa shape index (κ3) is 3.32. The Morgan fingerprint density at radius 2 is 1.77 bits per heavy atom. The Morgan fingerprint density at radius 1 is 1.14 bits per heavy atom. The van der Waals surface area contributed by atoms with Gasteiger partial charge < -0.3 is 0 Å². The predicted octanol–water partition coefficient (Wildman–Crippen LogP) is 3.27. The van der Waals surface area contributed by atoms with Crippen LogP contribution in [0.5, 0.6) is 0 Å². The van der Waals surface area contributed by atoms with Gasteiger partial charge in [0.25, 0.3) is 10.0 Å². The number of aromatic nitrogens is 2. The van der Waals surface area contributed by atoms with E-state index < -0.39 is 10.0 Å². The second-order valence-corrected chi connectivity index (χ2v) is 7.04. The number of nitrogens with one attached hydrogen (secondary N) is 1. The number of rotatable bonds is 6. The van der Waals surface area contributed by atoms with E-state index in [1.165, 1.54) is 0 Å². The van der Waals surface area contributed by atoms with Gasteiger partial charge in [-0.05, 0) is 44.9 Å². The van der Waals surface area contributed by atoms with Crippen LogP contribution in [0.15, 0.2) is 29.2 Å². The second kappa shape index (κ2) is 6.52. The smallest absolute Gasteiger partial charge is 0.262 e. The lowest BCUT2D eigenvalue weighted by Crippen LogP contribution is -2.14. The topological polar surface area (TPSA) is 64.0 Å². The highest BCUT2D eigenvalue weighted by molar-refractivity contribution is 7.92. The molecule has 0 aliphatic rings. The Morgan fingerprint density at radius 3 is 2.27 bits per heavy atom. The van der Waals surface area contributed by atoms with E-state index in [1.807, 2.05) is 26.0 Å². The van der Waals surface area contributed by atoms with Crippen LogP contribution < -0.4 is 4.72 Å². The van der Waals surface area contributed by atoms with E-state index >= 15 is 0 Å². The molecule has 2 aromatic rings. The van der Waals surface area contributed by atoms with Gasteiger partial charge in [-0.1, -0.05) is 25.5 Å². The second-order valence-electron chi connectivity index (χ2n) is 5.36. The molecular weight excluding hydrogens is 298 g/mol. The summed E-state index contributed by atoms with van der Waals surface area (Å²) in [7, 11) is -3.59. The summed E-state index contributed by atoms with van der Waals surface area (Å²) < 4.78 is 29.5. The summed E-state index contributed by atoms with van der Waals surface area (Å²) in [4.78, 5) is 0.274. The fraction of sp³-hybridized carbons (Fsp3) is 0.438. The molecule has 1 aromatic heterocycles. The summed E-state index contributed by atoms with van der Waals surface area (Å²) in [5.41, 5.74) is 3.23. The van der Waals surface area contributed by atoms with E-state index in [4.69, 9.17) is 0 Å². The fourth-order valence-corrected chi connectivity index (χ4v) is 3.65. The van der Waals surface area contributed by atoms with Crippen LogP contribution in [0.2, 0.25) is 0 Å². The first-order valence-corrected chi connectivity index (χ1v) is 9.03. The predicted molar refractivity (Wildman–Crippen MR) is 88.6 cm³/mol. The number of anilines is 1. The molecule has 0 amide bonds. The summed E-state index contributed by atoms with van der Waals surface area (Å²) >= 11 is 0. The standard InChI is InChI=1S/C16H23N3O2S/c1-5-7-14-8-10-15(11-9-14)22(20,21)18-16-12(3)17-19(6-2)13(16)4/h8-11,18H,5-7H2,1-4H3. The fourth-order valence-electron chi connectivity index (χ4n) is 2.47. The Labute approximate surface area is 132 Å². The molecule has 5 nitrogen and oxygen atoms in total. The molecule has 0 saturated heterocycles. The van der Waals surface area contributed by atoms with Crippen molar-refractivity contribution >= 4 is 15.7 Å². The molecular formula is C16H23N3O2S. The van der Waals surface area contributed by atoms with Crippen molar-refractivity contribution in [3.05, 3.63) is 41.2 Å². The van der Waals surface area contributed by atoms with Gasteiger partial charge in [-0.2, -0.15) is 5.10 Å². The normalized spacial score (nSPS) is 11.6. The molecule has 22 heavy (non-hydrogen) atoms. The molecule has 0 aliphatic carbocycles. The van der Waals surface area contributed by atoms with Crippen LogP contribution in [0.4, 0.5) is 5.69 Å². The lowest BCUT2D eigenvalue weighted by Gasteiger charge is -2.09. The number of hydrogen-bond donors (Lipinski definition) is 1. The summed E-state index contributed by atoms with van der Waals surface area (Å²) in [6.07, 6.45) is 1.99. The third-order valence-electron chi connectivity index (χ3n) is 3.69. The summed E-state index contributed by atoms with van der Waals surface area (Å²) in [5, 5.41) is 4.33. The lowest BCUT2D eigenvalue weighted by atomic mass is 10.1. The Balaban J connectivity index is 2.30. The zero-order chi connectivity index (χ0) is 16.3. The number of hydrogen-bond acceptors (Lipinski definition) is 3. The highest BCUT2D eigenvalue weighted by Crippen LogP contribution is 2.23. The van der Waals surface area contributed by atoms with Gasteiger partial charge in [0.15, 0.2) is 0 Å². The molecule has 1 aromatic carbocycles. The van der Waals surface area contributed by atoms with Gasteiger partial charge in [0.05, 0.1) is 22.0 Å². The lowest BCUT2D eigenvalue weighted by molar-refractivity contribution is 0.601. The van der Waals surface area contributed by atoms with Gasteiger partial charge in [0.1, 0.15) is 0 Å². The molecule has 0 spiro atoms. The van der Waals surface area contributed by atoms with E-state index in [9.17, 15) is 8.42 Å². The van der Waals surface area contributed by atoms with Crippen LogP contribution in [0, 0.1) is 13.8 Å². The minimum absolute atomic E-state index is 0.274. The average molecular weight is 321 g/mol. The maximum absolute atomic E-state index is 12.5. The van der Waals surface area contributed by atoms with Gasteiger partial charge in [0.2, 0.25) is 0 Å². The van der Waals surface area contributed by atoms with E-state index in [1.54, 1.807) is 23.7 Å². The number of sulfonamides is 1. The van der Waals surface area contributed by atoms with Crippen LogP contribution in [0.1, 0.15) is 37.2 Å². The maximum atomic E-state index is 12.5. The molecule has 2 rings (SSSR count). The first-order valence-electron chi connectivity index (χ1n) is 7.54. The summed E-state index contributed by atoms with van der Waals surface area (Å²) in [6.45, 7) is 8.46. The summed E-state index contributed by atoms with van der Waals surface area (Å²) in [6, 6.07) is 7.05. The van der Waals surface area contributed by atoms with Crippen molar-refractivity contribution in [2.75, 3.05) is 4.72 Å². The van der Waals surface area contributed by atoms with Crippen molar-refractivity contribution in [2.24, 2.45) is 0 Å². The Kier molecular flexibility index (Phi) is 4.90. The molecule has 0 fully saturated rings. The highest BCUT2D eigenvalue weighted by Gasteiger charge is 2.19. The average Bonchev–Trinajstić information content (AvgIpc) is 2.75. The molecule has 0 aliphatic heterocycles. The molecule has 0 saturated carbocycles. The summed E-state index contributed by atoms with van der Waals surface area (Å²) in [5.74, 6) is 0. The highest BCUT2D eigenvalue weighted by atomic mass is 32.2. The van der Waals surface area contributed by atoms with Crippen LogP contribution >= 0.6 is 0 Å². The van der Waals surface area contributed by atoms with Crippen molar-refractivity contribution in [2.45, 2.75) is 52.0 Å². The Hall–Kier alpha value is -1.82. The van der Waals surface area contributed by atoms with E-state index in [-0.39, 0.29) is 4.90 Å². The molecule has 0 unspecified atom stereocenters. The number of benzene rings is 1. The molecule has 6 heteroatoms. The molecule has 0 bridgehead atoms. The van der Waals surface area contributed by atoms with Crippen LogP contribution in [0.25, 0.3) is 0 Å². The van der Waals surface area contributed by atoms with Crippen molar-refractivity contribution < 1.29 is 8.42 Å². The van der Waals surface area contributed by atoms with Crippen molar-refractivity contribution in [1.82, 2.24) is 9.78 Å². The molecule has 1 heterocycles. The minimum Gasteiger partial charge on any atom is -0.276 e. The van der Waals surface area contributed by atoms with E-state index in [0.717, 1.165) is 24.1 Å². The zero-order valence-corrected chi connectivity index (χ0v) is 14.4. The van der Waals surface area contributed by atoms with Gasteiger partial charge in [-0.25, -0.2) is 8.42 Å². The van der Waals surface area contributed by atoms with Crippen molar-refractivity contribution in [3.63, 3.8) is 0 Å². The van der Waals surface area contributed by atoms with Gasteiger partial charge >= 0.3 is 0 Å².